The molecule has 2 aliphatic rings. The van der Waals surface area contributed by atoms with Gasteiger partial charge in [-0.25, -0.2) is 0 Å². The van der Waals surface area contributed by atoms with Crippen LogP contribution in [0.1, 0.15) is 44.7 Å². The third-order valence-corrected chi connectivity index (χ3v) is 5.36. The van der Waals surface area contributed by atoms with Gasteiger partial charge in [0, 0.05) is 36.3 Å². The SMILES string of the molecule is C[C]1C=CC(=C2CC[C+](c3ccc(C)cc3)[C@@H](C)[C@H]2C)C=C1. The molecule has 1 aromatic carbocycles. The second-order valence-corrected chi connectivity index (χ2v) is 6.86. The highest BCUT2D eigenvalue weighted by atomic mass is 14.4. The molecule has 1 radical (unpaired) electrons. The highest BCUT2D eigenvalue weighted by molar-refractivity contribution is 5.48. The molecule has 0 unspecified atom stereocenters. The highest BCUT2D eigenvalue weighted by Crippen LogP contribution is 2.44. The maximum absolute atomic E-state index is 2.40. The van der Waals surface area contributed by atoms with E-state index in [0.29, 0.717) is 11.8 Å². The van der Waals surface area contributed by atoms with Gasteiger partial charge in [0.1, 0.15) is 5.56 Å². The van der Waals surface area contributed by atoms with Crippen LogP contribution >= 0.6 is 0 Å². The van der Waals surface area contributed by atoms with Crippen molar-refractivity contribution < 1.29 is 0 Å². The van der Waals surface area contributed by atoms with Crippen LogP contribution in [0.5, 0.6) is 0 Å². The first kappa shape index (κ1) is 15.2. The summed E-state index contributed by atoms with van der Waals surface area (Å²) < 4.78 is 0. The number of allylic oxidation sites excluding steroid dienone is 6. The van der Waals surface area contributed by atoms with Gasteiger partial charge < -0.3 is 0 Å². The van der Waals surface area contributed by atoms with Crippen molar-refractivity contribution in [3.8, 4) is 0 Å². The molecule has 1 saturated carbocycles. The van der Waals surface area contributed by atoms with E-state index < -0.39 is 0 Å². The average Bonchev–Trinajstić information content (AvgIpc) is 2.52. The van der Waals surface area contributed by atoms with E-state index in [1.165, 1.54) is 35.5 Å². The van der Waals surface area contributed by atoms with Crippen molar-refractivity contribution >= 4 is 0 Å². The lowest BCUT2D eigenvalue weighted by Gasteiger charge is -2.33. The predicted molar refractivity (Wildman–Crippen MR) is 95.3 cm³/mol. The average molecular weight is 290 g/mol. The summed E-state index contributed by atoms with van der Waals surface area (Å²) in [6, 6.07) is 9.06. The van der Waals surface area contributed by atoms with Gasteiger partial charge in [-0.1, -0.05) is 43.7 Å². The molecule has 0 bridgehead atoms. The summed E-state index contributed by atoms with van der Waals surface area (Å²) in [6.45, 7) is 9.11. The van der Waals surface area contributed by atoms with Crippen molar-refractivity contribution in [2.24, 2.45) is 11.8 Å². The second-order valence-electron chi connectivity index (χ2n) is 6.86. The van der Waals surface area contributed by atoms with Gasteiger partial charge in [0.2, 0.25) is 0 Å². The number of aryl methyl sites for hydroxylation is 1. The molecule has 3 rings (SSSR count). The molecule has 0 nitrogen and oxygen atoms in total. The van der Waals surface area contributed by atoms with E-state index in [1.54, 1.807) is 11.5 Å². The van der Waals surface area contributed by atoms with E-state index >= 15 is 0 Å². The molecule has 0 N–H and O–H groups in total. The first-order valence-corrected chi connectivity index (χ1v) is 8.42. The van der Waals surface area contributed by atoms with Crippen molar-refractivity contribution in [3.05, 3.63) is 82.7 Å². The Morgan fingerprint density at radius 3 is 2.18 bits per heavy atom. The molecule has 2 aliphatic carbocycles. The van der Waals surface area contributed by atoms with E-state index in [-0.39, 0.29) is 0 Å². The van der Waals surface area contributed by atoms with Crippen LogP contribution in [0.4, 0.5) is 0 Å². The summed E-state index contributed by atoms with van der Waals surface area (Å²) in [6.07, 6.45) is 11.4. The zero-order valence-corrected chi connectivity index (χ0v) is 14.2. The quantitative estimate of drug-likeness (QED) is 0.556. The van der Waals surface area contributed by atoms with Crippen molar-refractivity contribution in [3.63, 3.8) is 0 Å². The minimum Gasteiger partial charge on any atom is -0.0730 e. The van der Waals surface area contributed by atoms with Gasteiger partial charge in [0.25, 0.3) is 0 Å². The summed E-state index contributed by atoms with van der Waals surface area (Å²) in [4.78, 5) is 0. The van der Waals surface area contributed by atoms with E-state index in [0.717, 1.165) is 0 Å². The summed E-state index contributed by atoms with van der Waals surface area (Å²) in [7, 11) is 0. The van der Waals surface area contributed by atoms with Crippen LogP contribution in [0.25, 0.3) is 0 Å². The molecule has 0 amide bonds. The third-order valence-electron chi connectivity index (χ3n) is 5.36. The maximum Gasteiger partial charge on any atom is 0.133 e. The van der Waals surface area contributed by atoms with Crippen molar-refractivity contribution in [2.45, 2.75) is 40.5 Å². The molecule has 1 fully saturated rings. The fourth-order valence-corrected chi connectivity index (χ4v) is 3.68. The monoisotopic (exact) mass is 290 g/mol. The maximum atomic E-state index is 2.40. The lowest BCUT2D eigenvalue weighted by molar-refractivity contribution is 0.394. The van der Waals surface area contributed by atoms with Crippen LogP contribution < -0.4 is 0 Å². The van der Waals surface area contributed by atoms with Crippen molar-refractivity contribution in [1.82, 2.24) is 0 Å². The fourth-order valence-electron chi connectivity index (χ4n) is 3.68. The molecule has 0 heterocycles. The normalized spacial score (nSPS) is 25.9. The minimum atomic E-state index is 0.618. The number of hydrogen-bond donors (Lipinski definition) is 0. The molecule has 1 aromatic rings. The Labute approximate surface area is 135 Å². The van der Waals surface area contributed by atoms with E-state index in [2.05, 4.69) is 76.3 Å². The van der Waals surface area contributed by atoms with Gasteiger partial charge in [-0.3, -0.25) is 0 Å². The third kappa shape index (κ3) is 2.92. The van der Waals surface area contributed by atoms with Gasteiger partial charge in [0.05, 0.1) is 0 Å². The molecule has 0 saturated heterocycles. The number of benzene rings is 1. The van der Waals surface area contributed by atoms with Gasteiger partial charge in [-0.15, -0.1) is 0 Å². The number of rotatable bonds is 1. The highest BCUT2D eigenvalue weighted by Gasteiger charge is 2.36. The molecule has 22 heavy (non-hydrogen) atoms. The van der Waals surface area contributed by atoms with Crippen LogP contribution in [0.3, 0.4) is 0 Å². The summed E-state index contributed by atoms with van der Waals surface area (Å²) in [5.41, 5.74) is 5.84. The molecule has 2 atom stereocenters. The molecule has 0 heteroatoms. The Bertz CT molecular complexity index is 596. The van der Waals surface area contributed by atoms with Crippen LogP contribution in [0, 0.1) is 30.6 Å². The zero-order chi connectivity index (χ0) is 15.7. The molecule has 0 aromatic heterocycles. The molecular formula is C22H26+. The second kappa shape index (κ2) is 6.20. The van der Waals surface area contributed by atoms with Crippen molar-refractivity contribution in [1.29, 1.82) is 0 Å². The van der Waals surface area contributed by atoms with E-state index in [4.69, 9.17) is 0 Å². The lowest BCUT2D eigenvalue weighted by atomic mass is 9.67. The minimum absolute atomic E-state index is 0.618. The van der Waals surface area contributed by atoms with Crippen LogP contribution in [0.15, 0.2) is 59.7 Å². The summed E-state index contributed by atoms with van der Waals surface area (Å²) >= 11 is 0. The van der Waals surface area contributed by atoms with Crippen LogP contribution in [0.2, 0.25) is 0 Å². The summed E-state index contributed by atoms with van der Waals surface area (Å²) in [5.74, 6) is 4.21. The molecular weight excluding hydrogens is 264 g/mol. The first-order valence-electron chi connectivity index (χ1n) is 8.42. The smallest absolute Gasteiger partial charge is 0.0730 e. The van der Waals surface area contributed by atoms with E-state index in [1.807, 2.05) is 0 Å². The van der Waals surface area contributed by atoms with Gasteiger partial charge in [-0.2, -0.15) is 0 Å². The first-order chi connectivity index (χ1) is 10.6. The van der Waals surface area contributed by atoms with Crippen LogP contribution in [-0.2, 0) is 0 Å². The Balaban J connectivity index is 1.83. The Kier molecular flexibility index (Phi) is 4.29. The fraction of sp³-hybridized carbons (Fsp3) is 0.364. The standard InChI is InChI=1S/C22H26/c1-15-5-9-19(10-6-15)21-13-14-22(18(4)17(21)3)20-11-7-16(2)8-12-20/h5-12,17-18H,13-14H2,1-4H3/q+1/t17-,18+. The topological polar surface area (TPSA) is 0 Å². The van der Waals surface area contributed by atoms with Gasteiger partial charge in [-0.05, 0) is 49.5 Å². The Hall–Kier alpha value is -1.69. The van der Waals surface area contributed by atoms with Crippen molar-refractivity contribution in [2.75, 3.05) is 0 Å². The molecule has 0 spiro atoms. The predicted octanol–water partition coefficient (Wildman–Crippen LogP) is 6.00. The zero-order valence-electron chi connectivity index (χ0n) is 14.2. The lowest BCUT2D eigenvalue weighted by Crippen LogP contribution is -2.26. The Morgan fingerprint density at radius 2 is 1.55 bits per heavy atom. The molecule has 113 valence electrons. The van der Waals surface area contributed by atoms with E-state index in [9.17, 15) is 0 Å². The molecule has 0 aliphatic heterocycles. The van der Waals surface area contributed by atoms with Gasteiger partial charge in [0.15, 0.2) is 0 Å². The number of hydrogen-bond acceptors (Lipinski definition) is 0. The largest absolute Gasteiger partial charge is 0.133 e. The van der Waals surface area contributed by atoms with Gasteiger partial charge >= 0.3 is 0 Å². The Morgan fingerprint density at radius 1 is 0.909 bits per heavy atom. The van der Waals surface area contributed by atoms with Crippen LogP contribution in [-0.4, -0.2) is 0 Å². The summed E-state index contributed by atoms with van der Waals surface area (Å²) in [5, 5.41) is 0.